The summed E-state index contributed by atoms with van der Waals surface area (Å²) in [6.07, 6.45) is 0. The molecule has 1 N–H and O–H groups in total. The normalized spacial score (nSPS) is 13.6. The minimum atomic E-state index is 0.143. The van der Waals surface area contributed by atoms with E-state index in [0.29, 0.717) is 18.5 Å². The van der Waals surface area contributed by atoms with Crippen LogP contribution >= 0.6 is 0 Å². The van der Waals surface area contributed by atoms with Gasteiger partial charge >= 0.3 is 0 Å². The minimum Gasteiger partial charge on any atom is -0.377 e. The van der Waals surface area contributed by atoms with E-state index in [1.807, 2.05) is 13.0 Å². The van der Waals surface area contributed by atoms with Gasteiger partial charge in [-0.05, 0) is 33.4 Å². The van der Waals surface area contributed by atoms with Crippen LogP contribution in [0.5, 0.6) is 0 Å². The summed E-state index contributed by atoms with van der Waals surface area (Å²) in [6, 6.07) is 2.27. The number of hydrogen-bond acceptors (Lipinski definition) is 5. The van der Waals surface area contributed by atoms with Crippen LogP contribution in [0.25, 0.3) is 0 Å². The fourth-order valence-corrected chi connectivity index (χ4v) is 2.27. The molecule has 0 saturated carbocycles. The highest BCUT2D eigenvalue weighted by Crippen LogP contribution is 2.24. The molecule has 1 rings (SSSR count). The van der Waals surface area contributed by atoms with E-state index in [4.69, 9.17) is 4.74 Å². The van der Waals surface area contributed by atoms with Gasteiger partial charge in [0.1, 0.15) is 12.4 Å². The van der Waals surface area contributed by atoms with Crippen LogP contribution < -0.4 is 5.32 Å². The van der Waals surface area contributed by atoms with Gasteiger partial charge in [0.15, 0.2) is 5.82 Å². The molecule has 20 heavy (non-hydrogen) atoms. The van der Waals surface area contributed by atoms with Crippen molar-refractivity contribution in [2.24, 2.45) is 5.41 Å². The van der Waals surface area contributed by atoms with Gasteiger partial charge in [0.05, 0.1) is 0 Å². The Hall–Kier alpha value is -1.20. The zero-order valence-electron chi connectivity index (χ0n) is 13.8. The zero-order chi connectivity index (χ0) is 15.3. The van der Waals surface area contributed by atoms with Crippen molar-refractivity contribution >= 4 is 5.82 Å². The largest absolute Gasteiger partial charge is 0.377 e. The Bertz CT molecular complexity index is 432. The Morgan fingerprint density at radius 3 is 2.55 bits per heavy atom. The van der Waals surface area contributed by atoms with Crippen LogP contribution in [0.1, 0.15) is 32.3 Å². The Kier molecular flexibility index (Phi) is 5.89. The van der Waals surface area contributed by atoms with Gasteiger partial charge in [-0.2, -0.15) is 0 Å². The standard InChI is InChI=1S/C15H28N4O/c1-11-8-13(18-14(16-11)9-20-7)17-12(2)15(3,4)10-19(5)6/h8,12H,9-10H2,1-7H3,(H,16,17,18). The second kappa shape index (κ2) is 6.99. The van der Waals surface area contributed by atoms with Crippen molar-refractivity contribution in [1.82, 2.24) is 14.9 Å². The molecule has 0 aliphatic heterocycles. The summed E-state index contributed by atoms with van der Waals surface area (Å²) in [4.78, 5) is 11.1. The molecule has 1 heterocycles. The van der Waals surface area contributed by atoms with Crippen LogP contribution in [0.3, 0.4) is 0 Å². The molecular formula is C15H28N4O. The van der Waals surface area contributed by atoms with Gasteiger partial charge in [-0.3, -0.25) is 0 Å². The third-order valence-corrected chi connectivity index (χ3v) is 3.43. The first-order valence-electron chi connectivity index (χ1n) is 6.99. The lowest BCUT2D eigenvalue weighted by atomic mass is 9.85. The van der Waals surface area contributed by atoms with Crippen LogP contribution in [0.15, 0.2) is 6.07 Å². The Labute approximate surface area is 122 Å². The molecule has 0 aliphatic carbocycles. The quantitative estimate of drug-likeness (QED) is 0.830. The molecule has 5 nitrogen and oxygen atoms in total. The fourth-order valence-electron chi connectivity index (χ4n) is 2.27. The average Bonchev–Trinajstić information content (AvgIpc) is 2.26. The van der Waals surface area contributed by atoms with E-state index in [-0.39, 0.29) is 5.41 Å². The molecule has 5 heteroatoms. The number of anilines is 1. The van der Waals surface area contributed by atoms with Gasteiger partial charge in [0, 0.05) is 31.5 Å². The van der Waals surface area contributed by atoms with E-state index < -0.39 is 0 Å². The lowest BCUT2D eigenvalue weighted by Crippen LogP contribution is -2.41. The fraction of sp³-hybridized carbons (Fsp3) is 0.733. The van der Waals surface area contributed by atoms with E-state index in [1.165, 1.54) is 0 Å². The highest BCUT2D eigenvalue weighted by Gasteiger charge is 2.26. The van der Waals surface area contributed by atoms with Crippen molar-refractivity contribution < 1.29 is 4.74 Å². The SMILES string of the molecule is COCc1nc(C)cc(NC(C)C(C)(C)CN(C)C)n1. The molecule has 0 fully saturated rings. The summed E-state index contributed by atoms with van der Waals surface area (Å²) < 4.78 is 5.10. The molecule has 114 valence electrons. The molecule has 0 aliphatic rings. The maximum atomic E-state index is 5.10. The first-order chi connectivity index (χ1) is 9.24. The molecule has 1 aromatic heterocycles. The van der Waals surface area contributed by atoms with E-state index in [1.54, 1.807) is 7.11 Å². The van der Waals surface area contributed by atoms with Crippen LogP contribution in [-0.4, -0.2) is 48.7 Å². The number of nitrogens with one attached hydrogen (secondary N) is 1. The third kappa shape index (κ3) is 5.06. The van der Waals surface area contributed by atoms with E-state index in [9.17, 15) is 0 Å². The van der Waals surface area contributed by atoms with Crippen molar-refractivity contribution in [2.75, 3.05) is 33.1 Å². The van der Waals surface area contributed by atoms with Crippen molar-refractivity contribution in [1.29, 1.82) is 0 Å². The predicted molar refractivity (Wildman–Crippen MR) is 82.9 cm³/mol. The van der Waals surface area contributed by atoms with Crippen LogP contribution in [0.2, 0.25) is 0 Å². The first kappa shape index (κ1) is 16.9. The molecule has 0 spiro atoms. The second-order valence-electron chi connectivity index (χ2n) is 6.34. The molecule has 1 atom stereocenters. The summed E-state index contributed by atoms with van der Waals surface area (Å²) in [5, 5.41) is 3.49. The highest BCUT2D eigenvalue weighted by atomic mass is 16.5. The van der Waals surface area contributed by atoms with Gasteiger partial charge in [-0.15, -0.1) is 0 Å². The number of hydrogen-bond donors (Lipinski definition) is 1. The average molecular weight is 280 g/mol. The lowest BCUT2D eigenvalue weighted by molar-refractivity contribution is 0.177. The molecule has 0 amide bonds. The number of methoxy groups -OCH3 is 1. The van der Waals surface area contributed by atoms with Crippen molar-refractivity contribution in [3.05, 3.63) is 17.6 Å². The summed E-state index contributed by atoms with van der Waals surface area (Å²) in [6.45, 7) is 10.1. The monoisotopic (exact) mass is 280 g/mol. The Morgan fingerprint density at radius 1 is 1.35 bits per heavy atom. The Morgan fingerprint density at radius 2 is 2.00 bits per heavy atom. The van der Waals surface area contributed by atoms with Crippen molar-refractivity contribution in [3.8, 4) is 0 Å². The number of ether oxygens (including phenoxy) is 1. The van der Waals surface area contributed by atoms with E-state index in [0.717, 1.165) is 18.1 Å². The van der Waals surface area contributed by atoms with Gasteiger partial charge in [-0.25, -0.2) is 9.97 Å². The number of rotatable bonds is 7. The third-order valence-electron chi connectivity index (χ3n) is 3.43. The predicted octanol–water partition coefficient (Wildman–Crippen LogP) is 2.32. The van der Waals surface area contributed by atoms with Gasteiger partial charge in [0.25, 0.3) is 0 Å². The summed E-state index contributed by atoms with van der Waals surface area (Å²) >= 11 is 0. The zero-order valence-corrected chi connectivity index (χ0v) is 13.8. The van der Waals surface area contributed by atoms with Crippen LogP contribution in [0, 0.1) is 12.3 Å². The summed E-state index contributed by atoms with van der Waals surface area (Å²) in [5.74, 6) is 1.58. The van der Waals surface area contributed by atoms with Crippen molar-refractivity contribution in [2.45, 2.75) is 40.3 Å². The molecule has 0 saturated heterocycles. The molecular weight excluding hydrogens is 252 g/mol. The maximum absolute atomic E-state index is 5.10. The number of nitrogens with zero attached hydrogens (tertiary/aromatic N) is 3. The lowest BCUT2D eigenvalue weighted by Gasteiger charge is -2.35. The highest BCUT2D eigenvalue weighted by molar-refractivity contribution is 5.37. The molecule has 0 radical (unpaired) electrons. The van der Waals surface area contributed by atoms with Gasteiger partial charge in [0.2, 0.25) is 0 Å². The van der Waals surface area contributed by atoms with Gasteiger partial charge in [-0.1, -0.05) is 13.8 Å². The van der Waals surface area contributed by atoms with Crippen LogP contribution in [-0.2, 0) is 11.3 Å². The van der Waals surface area contributed by atoms with E-state index >= 15 is 0 Å². The summed E-state index contributed by atoms with van der Waals surface area (Å²) in [5.41, 5.74) is 1.09. The second-order valence-corrected chi connectivity index (χ2v) is 6.34. The maximum Gasteiger partial charge on any atom is 0.156 e. The minimum absolute atomic E-state index is 0.143. The number of aromatic nitrogens is 2. The number of aryl methyl sites for hydroxylation is 1. The Balaban J connectivity index is 2.81. The smallest absolute Gasteiger partial charge is 0.156 e. The molecule has 0 bridgehead atoms. The van der Waals surface area contributed by atoms with E-state index in [2.05, 4.69) is 55.1 Å². The van der Waals surface area contributed by atoms with Crippen molar-refractivity contribution in [3.63, 3.8) is 0 Å². The van der Waals surface area contributed by atoms with Gasteiger partial charge < -0.3 is 15.0 Å². The topological polar surface area (TPSA) is 50.3 Å². The molecule has 1 unspecified atom stereocenters. The van der Waals surface area contributed by atoms with Crippen LogP contribution in [0.4, 0.5) is 5.82 Å². The summed E-state index contributed by atoms with van der Waals surface area (Å²) in [7, 11) is 5.85. The first-order valence-corrected chi connectivity index (χ1v) is 6.99. The molecule has 0 aromatic carbocycles. The molecule has 1 aromatic rings.